The minimum atomic E-state index is -4.92. The summed E-state index contributed by atoms with van der Waals surface area (Å²) >= 11 is 0. The Morgan fingerprint density at radius 2 is 1.52 bits per heavy atom. The van der Waals surface area contributed by atoms with Crippen molar-refractivity contribution in [2.75, 3.05) is 6.61 Å². The molecule has 4 rings (SSSR count). The first kappa shape index (κ1) is 34.2. The number of rotatable bonds is 12. The molecule has 3 saturated carbocycles. The van der Waals surface area contributed by atoms with Crippen molar-refractivity contribution >= 4 is 31.2 Å². The van der Waals surface area contributed by atoms with E-state index in [9.17, 15) is 38.9 Å². The van der Waals surface area contributed by atoms with Gasteiger partial charge in [0.1, 0.15) is 12.2 Å². The van der Waals surface area contributed by atoms with Gasteiger partial charge in [0.2, 0.25) is 0 Å². The third kappa shape index (κ3) is 7.76. The van der Waals surface area contributed by atoms with Crippen LogP contribution in [0.25, 0.3) is 0 Å². The normalized spacial score (nSPS) is 38.0. The van der Waals surface area contributed by atoms with E-state index in [2.05, 4.69) is 26.8 Å². The molecule has 3 fully saturated rings. The summed E-state index contributed by atoms with van der Waals surface area (Å²) in [5, 5.41) is 0. The predicted molar refractivity (Wildman–Crippen MR) is 153 cm³/mol. The highest BCUT2D eigenvalue weighted by Gasteiger charge is 2.61. The fraction of sp³-hybridized carbons (Fsp3) is 0.926. The molecule has 0 heterocycles. The predicted octanol–water partition coefficient (Wildman–Crippen LogP) is 4.81. The molecular weight excluding hydrogens is 612 g/mol. The number of hydrogen-bond acceptors (Lipinski definition) is 9. The Bertz CT molecular complexity index is 1340. The highest BCUT2D eigenvalue weighted by atomic mass is 32.3. The van der Waals surface area contributed by atoms with Gasteiger partial charge in [-0.05, 0) is 97.7 Å². The number of allylic oxidation sites excluding steroid dienone is 1. The smallest absolute Gasteiger partial charge is 0.264 e. The first-order chi connectivity index (χ1) is 19.2. The van der Waals surface area contributed by atoms with Gasteiger partial charge in [0, 0.05) is 0 Å². The lowest BCUT2D eigenvalue weighted by Gasteiger charge is -2.59. The molecule has 0 radical (unpaired) electrons. The van der Waals surface area contributed by atoms with E-state index in [1.807, 2.05) is 6.92 Å². The molecule has 0 spiro atoms. The molecule has 3 unspecified atom stereocenters. The second kappa shape index (κ2) is 12.3. The molecule has 42 heavy (non-hydrogen) atoms. The van der Waals surface area contributed by atoms with Crippen LogP contribution in [0.1, 0.15) is 91.9 Å². The van der Waals surface area contributed by atoms with Crippen LogP contribution in [0, 0.1) is 46.3 Å². The van der Waals surface area contributed by atoms with E-state index >= 15 is 0 Å². The molecule has 4 aliphatic carbocycles. The summed E-state index contributed by atoms with van der Waals surface area (Å²) in [5.41, 5.74) is 0.310. The lowest BCUT2D eigenvalue weighted by atomic mass is 9.46. The quantitative estimate of drug-likeness (QED) is 0.192. The Morgan fingerprint density at radius 1 is 0.881 bits per heavy atom. The molecule has 4 aliphatic rings. The molecule has 12 nitrogen and oxygen atoms in total. The summed E-state index contributed by atoms with van der Waals surface area (Å²) in [6.07, 6.45) is 6.67. The molecule has 0 aromatic rings. The first-order valence-electron chi connectivity index (χ1n) is 14.8. The highest BCUT2D eigenvalue weighted by molar-refractivity contribution is 7.81. The Balaban J connectivity index is 1.59. The van der Waals surface area contributed by atoms with Crippen LogP contribution in [-0.4, -0.2) is 57.7 Å². The maximum atomic E-state index is 11.7. The van der Waals surface area contributed by atoms with Crippen LogP contribution in [0.3, 0.4) is 0 Å². The van der Waals surface area contributed by atoms with Crippen LogP contribution in [0.5, 0.6) is 0 Å². The third-order valence-corrected chi connectivity index (χ3v) is 12.4. The molecule has 0 aromatic heterocycles. The van der Waals surface area contributed by atoms with Gasteiger partial charge in [-0.2, -0.15) is 25.3 Å². The van der Waals surface area contributed by atoms with E-state index in [1.54, 1.807) is 0 Å². The maximum absolute atomic E-state index is 11.7. The van der Waals surface area contributed by atoms with Gasteiger partial charge in [0.05, 0.1) is 6.61 Å². The zero-order valence-electron chi connectivity index (χ0n) is 24.7. The van der Waals surface area contributed by atoms with Crippen LogP contribution in [-0.2, 0) is 43.7 Å². The van der Waals surface area contributed by atoms with Gasteiger partial charge in [-0.3, -0.25) is 13.7 Å². The van der Waals surface area contributed by atoms with Gasteiger partial charge in [-0.15, -0.1) is 0 Å². The van der Waals surface area contributed by atoms with Crippen molar-refractivity contribution in [3.05, 3.63) is 11.6 Å². The zero-order valence-corrected chi connectivity index (χ0v) is 27.2. The van der Waals surface area contributed by atoms with Crippen molar-refractivity contribution in [3.8, 4) is 0 Å². The topological polar surface area (TPSA) is 191 Å². The standard InChI is InChI=1S/C27H46O12S3/c1-17(2)6-5-7-18(16-37-40(28,29)30)21-10-11-22-20-9-8-19-14-24(38-41(31,32)33)25(39-42(34,35)36)15-27(19,4)23(20)12-13-26(21,22)3/h8,17-18,20-25H,5-7,9-16H2,1-4H3,(H,28,29,30)(H,31,32,33)(H,34,35,36)/t18-,20?,21+,22?,23?,24-,25-,26+,27-/m0/s1. The molecule has 0 aromatic carbocycles. The molecule has 0 saturated heterocycles. The lowest BCUT2D eigenvalue weighted by molar-refractivity contribution is -0.0817. The molecule has 244 valence electrons. The zero-order chi connectivity index (χ0) is 31.3. The molecule has 9 atom stereocenters. The summed E-state index contributed by atoms with van der Waals surface area (Å²) < 4.78 is 112. The maximum Gasteiger partial charge on any atom is 0.397 e. The van der Waals surface area contributed by atoms with Crippen molar-refractivity contribution in [1.82, 2.24) is 0 Å². The average molecular weight is 659 g/mol. The Morgan fingerprint density at radius 3 is 2.12 bits per heavy atom. The van der Waals surface area contributed by atoms with Crippen LogP contribution in [0.4, 0.5) is 0 Å². The average Bonchev–Trinajstić information content (AvgIpc) is 3.16. The van der Waals surface area contributed by atoms with Crippen LogP contribution in [0.2, 0.25) is 0 Å². The molecule has 3 N–H and O–H groups in total. The summed E-state index contributed by atoms with van der Waals surface area (Å²) in [6.45, 7) is 8.57. The molecule has 0 bridgehead atoms. The van der Waals surface area contributed by atoms with Gasteiger partial charge in [-0.25, -0.2) is 12.5 Å². The fourth-order valence-electron chi connectivity index (χ4n) is 9.34. The summed E-state index contributed by atoms with van der Waals surface area (Å²) in [5.74, 6) is 1.43. The molecule has 0 aliphatic heterocycles. The number of fused-ring (bicyclic) bond motifs is 5. The van der Waals surface area contributed by atoms with E-state index in [-0.39, 0.29) is 48.5 Å². The van der Waals surface area contributed by atoms with E-state index in [0.717, 1.165) is 56.9 Å². The van der Waals surface area contributed by atoms with Crippen molar-refractivity contribution in [1.29, 1.82) is 0 Å². The summed E-state index contributed by atoms with van der Waals surface area (Å²) in [7, 11) is -14.4. The SMILES string of the molecule is CC(C)CCC[C@@H](COS(=O)(=O)O)[C@H]1CCC2C3CC=C4C[C@H](OS(=O)(=O)O)[C@@H](OS(=O)(=O)O)C[C@]4(C)C3CC[C@@]21C. The second-order valence-corrected chi connectivity index (χ2v) is 17.0. The van der Waals surface area contributed by atoms with Crippen molar-refractivity contribution in [2.24, 2.45) is 46.3 Å². The van der Waals surface area contributed by atoms with E-state index in [0.29, 0.717) is 11.8 Å². The molecule has 15 heteroatoms. The van der Waals surface area contributed by atoms with Crippen molar-refractivity contribution in [3.63, 3.8) is 0 Å². The van der Waals surface area contributed by atoms with Gasteiger partial charge in [-0.1, -0.05) is 52.2 Å². The van der Waals surface area contributed by atoms with Gasteiger partial charge in [0.15, 0.2) is 0 Å². The van der Waals surface area contributed by atoms with Gasteiger partial charge >= 0.3 is 31.2 Å². The van der Waals surface area contributed by atoms with Crippen LogP contribution in [0.15, 0.2) is 11.6 Å². The largest absolute Gasteiger partial charge is 0.397 e. The van der Waals surface area contributed by atoms with Crippen molar-refractivity contribution < 1.29 is 51.5 Å². The monoisotopic (exact) mass is 658 g/mol. The minimum absolute atomic E-state index is 0.0249. The Kier molecular flexibility index (Phi) is 10.0. The minimum Gasteiger partial charge on any atom is -0.264 e. The summed E-state index contributed by atoms with van der Waals surface area (Å²) in [4.78, 5) is 0. The van der Waals surface area contributed by atoms with Crippen molar-refractivity contribution in [2.45, 2.75) is 104 Å². The fourth-order valence-corrected chi connectivity index (χ4v) is 10.7. The van der Waals surface area contributed by atoms with E-state index in [4.69, 9.17) is 12.5 Å². The molecule has 0 amide bonds. The van der Waals surface area contributed by atoms with E-state index < -0.39 is 48.8 Å². The first-order valence-corrected chi connectivity index (χ1v) is 18.9. The second-order valence-electron chi connectivity index (χ2n) is 13.8. The van der Waals surface area contributed by atoms with Crippen LogP contribution < -0.4 is 0 Å². The third-order valence-electron chi connectivity index (χ3n) is 11.0. The Labute approximate surface area is 250 Å². The van der Waals surface area contributed by atoms with Gasteiger partial charge < -0.3 is 0 Å². The number of hydrogen-bond donors (Lipinski definition) is 3. The van der Waals surface area contributed by atoms with Gasteiger partial charge in [0.25, 0.3) is 0 Å². The highest BCUT2D eigenvalue weighted by Crippen LogP contribution is 2.67. The van der Waals surface area contributed by atoms with E-state index in [1.165, 1.54) is 0 Å². The lowest BCUT2D eigenvalue weighted by Crippen LogP contribution is -2.54. The molecular formula is C27H46O12S3. The summed E-state index contributed by atoms with van der Waals surface area (Å²) in [6, 6.07) is 0. The van der Waals surface area contributed by atoms with Crippen LogP contribution >= 0.6 is 0 Å². The Hall–Kier alpha value is -0.650.